The SMILES string of the molecule is CCCN(CC1CC1)C(=O)Cc1ccc(OC(F)F)cc1. The van der Waals surface area contributed by atoms with Gasteiger partial charge in [-0.2, -0.15) is 8.78 Å². The lowest BCUT2D eigenvalue weighted by atomic mass is 10.1. The minimum absolute atomic E-state index is 0.103. The maximum atomic E-state index is 12.3. The number of alkyl halides is 2. The topological polar surface area (TPSA) is 29.5 Å². The van der Waals surface area contributed by atoms with E-state index in [0.717, 1.165) is 25.1 Å². The minimum Gasteiger partial charge on any atom is -0.435 e. The van der Waals surface area contributed by atoms with E-state index in [1.165, 1.54) is 25.0 Å². The third-order valence-electron chi connectivity index (χ3n) is 3.53. The molecule has 0 N–H and O–H groups in total. The molecule has 1 aliphatic rings. The van der Waals surface area contributed by atoms with Crippen molar-refractivity contribution in [2.75, 3.05) is 13.1 Å². The lowest BCUT2D eigenvalue weighted by Crippen LogP contribution is -2.34. The number of halogens is 2. The Hall–Kier alpha value is -1.65. The Kier molecular flexibility index (Phi) is 5.53. The van der Waals surface area contributed by atoms with Crippen LogP contribution in [0.2, 0.25) is 0 Å². The molecule has 0 radical (unpaired) electrons. The van der Waals surface area contributed by atoms with Gasteiger partial charge in [-0.05, 0) is 42.9 Å². The van der Waals surface area contributed by atoms with Crippen molar-refractivity contribution in [3.05, 3.63) is 29.8 Å². The van der Waals surface area contributed by atoms with Gasteiger partial charge in [0.15, 0.2) is 0 Å². The molecule has 1 aliphatic carbocycles. The second-order valence-corrected chi connectivity index (χ2v) is 5.48. The molecule has 0 aliphatic heterocycles. The molecular formula is C16H21F2NO2. The molecule has 116 valence electrons. The molecule has 2 rings (SSSR count). The average Bonchev–Trinajstić information content (AvgIpc) is 3.24. The number of amides is 1. The Morgan fingerprint density at radius 1 is 1.33 bits per heavy atom. The zero-order valence-corrected chi connectivity index (χ0v) is 12.2. The van der Waals surface area contributed by atoms with Crippen molar-refractivity contribution in [3.63, 3.8) is 0 Å². The average molecular weight is 297 g/mol. The molecule has 5 heteroatoms. The summed E-state index contributed by atoms with van der Waals surface area (Å²) >= 11 is 0. The van der Waals surface area contributed by atoms with E-state index in [2.05, 4.69) is 11.7 Å². The van der Waals surface area contributed by atoms with E-state index in [9.17, 15) is 13.6 Å². The molecule has 0 spiro atoms. The van der Waals surface area contributed by atoms with Crippen molar-refractivity contribution in [2.24, 2.45) is 5.92 Å². The normalized spacial score (nSPS) is 14.3. The molecule has 1 saturated carbocycles. The van der Waals surface area contributed by atoms with Gasteiger partial charge in [0.05, 0.1) is 6.42 Å². The fourth-order valence-corrected chi connectivity index (χ4v) is 2.27. The summed E-state index contributed by atoms with van der Waals surface area (Å²) in [6.07, 6.45) is 3.68. The van der Waals surface area contributed by atoms with Gasteiger partial charge in [0.2, 0.25) is 5.91 Å². The lowest BCUT2D eigenvalue weighted by Gasteiger charge is -2.22. The largest absolute Gasteiger partial charge is 0.435 e. The van der Waals surface area contributed by atoms with Gasteiger partial charge in [-0.15, -0.1) is 0 Å². The summed E-state index contributed by atoms with van der Waals surface area (Å²) in [5.41, 5.74) is 0.818. The Labute approximate surface area is 123 Å². The number of hydrogen-bond donors (Lipinski definition) is 0. The highest BCUT2D eigenvalue weighted by molar-refractivity contribution is 5.78. The summed E-state index contributed by atoms with van der Waals surface area (Å²) in [5.74, 6) is 0.887. The fourth-order valence-electron chi connectivity index (χ4n) is 2.27. The van der Waals surface area contributed by atoms with Crippen LogP contribution in [0.4, 0.5) is 8.78 Å². The zero-order chi connectivity index (χ0) is 15.2. The number of carbonyl (C=O) groups is 1. The highest BCUT2D eigenvalue weighted by Gasteiger charge is 2.26. The monoisotopic (exact) mass is 297 g/mol. The van der Waals surface area contributed by atoms with E-state index >= 15 is 0 Å². The van der Waals surface area contributed by atoms with Gasteiger partial charge in [0.1, 0.15) is 5.75 Å². The van der Waals surface area contributed by atoms with Gasteiger partial charge in [-0.1, -0.05) is 19.1 Å². The first-order valence-corrected chi connectivity index (χ1v) is 7.40. The van der Waals surface area contributed by atoms with Crippen LogP contribution in [0.1, 0.15) is 31.7 Å². The molecule has 3 nitrogen and oxygen atoms in total. The van der Waals surface area contributed by atoms with Crippen molar-refractivity contribution in [1.29, 1.82) is 0 Å². The molecule has 1 aromatic carbocycles. The van der Waals surface area contributed by atoms with Crippen molar-refractivity contribution >= 4 is 5.91 Å². The van der Waals surface area contributed by atoms with E-state index in [1.54, 1.807) is 12.1 Å². The Bertz CT molecular complexity index is 458. The number of carbonyl (C=O) groups excluding carboxylic acids is 1. The van der Waals surface area contributed by atoms with Gasteiger partial charge >= 0.3 is 6.61 Å². The Balaban J connectivity index is 1.90. The first-order chi connectivity index (χ1) is 10.1. The first-order valence-electron chi connectivity index (χ1n) is 7.40. The summed E-state index contributed by atoms with van der Waals surface area (Å²) in [4.78, 5) is 14.2. The molecule has 1 amide bonds. The molecule has 0 atom stereocenters. The van der Waals surface area contributed by atoms with E-state index in [0.29, 0.717) is 12.3 Å². The van der Waals surface area contributed by atoms with Crippen LogP contribution in [-0.4, -0.2) is 30.5 Å². The zero-order valence-electron chi connectivity index (χ0n) is 12.2. The smallest absolute Gasteiger partial charge is 0.387 e. The van der Waals surface area contributed by atoms with Gasteiger partial charge in [0, 0.05) is 13.1 Å². The van der Waals surface area contributed by atoms with Crippen LogP contribution >= 0.6 is 0 Å². The van der Waals surface area contributed by atoms with Crippen LogP contribution in [0.5, 0.6) is 5.75 Å². The van der Waals surface area contributed by atoms with Crippen molar-refractivity contribution < 1.29 is 18.3 Å². The number of benzene rings is 1. The fraction of sp³-hybridized carbons (Fsp3) is 0.562. The molecule has 0 aromatic heterocycles. The van der Waals surface area contributed by atoms with E-state index in [-0.39, 0.29) is 11.7 Å². The second-order valence-electron chi connectivity index (χ2n) is 5.48. The highest BCUT2D eigenvalue weighted by Crippen LogP contribution is 2.30. The number of rotatable bonds is 8. The highest BCUT2D eigenvalue weighted by atomic mass is 19.3. The van der Waals surface area contributed by atoms with E-state index in [1.807, 2.05) is 4.90 Å². The Morgan fingerprint density at radius 2 is 2.00 bits per heavy atom. The summed E-state index contributed by atoms with van der Waals surface area (Å²) in [5, 5.41) is 0. The van der Waals surface area contributed by atoms with Crippen LogP contribution in [0.15, 0.2) is 24.3 Å². The predicted octanol–water partition coefficient (Wildman–Crippen LogP) is 3.48. The summed E-state index contributed by atoms with van der Waals surface area (Å²) < 4.78 is 28.4. The molecule has 0 heterocycles. The van der Waals surface area contributed by atoms with Crippen molar-refractivity contribution in [3.8, 4) is 5.75 Å². The molecular weight excluding hydrogens is 276 g/mol. The molecule has 0 unspecified atom stereocenters. The van der Waals surface area contributed by atoms with Crippen molar-refractivity contribution in [1.82, 2.24) is 4.90 Å². The molecule has 0 saturated heterocycles. The number of nitrogens with zero attached hydrogens (tertiary/aromatic N) is 1. The molecule has 0 bridgehead atoms. The van der Waals surface area contributed by atoms with Gasteiger partial charge < -0.3 is 9.64 Å². The maximum absolute atomic E-state index is 12.3. The third kappa shape index (κ3) is 5.33. The maximum Gasteiger partial charge on any atom is 0.387 e. The van der Waals surface area contributed by atoms with E-state index < -0.39 is 6.61 Å². The summed E-state index contributed by atoms with van der Waals surface area (Å²) in [6.45, 7) is 0.862. The van der Waals surface area contributed by atoms with Crippen LogP contribution in [-0.2, 0) is 11.2 Å². The van der Waals surface area contributed by atoms with Gasteiger partial charge in [-0.25, -0.2) is 0 Å². The van der Waals surface area contributed by atoms with Crippen LogP contribution < -0.4 is 4.74 Å². The van der Waals surface area contributed by atoms with E-state index in [4.69, 9.17) is 0 Å². The first kappa shape index (κ1) is 15.7. The van der Waals surface area contributed by atoms with Crippen LogP contribution in [0, 0.1) is 5.92 Å². The number of ether oxygens (including phenoxy) is 1. The van der Waals surface area contributed by atoms with Gasteiger partial charge in [0.25, 0.3) is 0 Å². The quantitative estimate of drug-likeness (QED) is 0.735. The second kappa shape index (κ2) is 7.38. The van der Waals surface area contributed by atoms with Crippen LogP contribution in [0.25, 0.3) is 0 Å². The van der Waals surface area contributed by atoms with Crippen molar-refractivity contribution in [2.45, 2.75) is 39.2 Å². The van der Waals surface area contributed by atoms with Crippen LogP contribution in [0.3, 0.4) is 0 Å². The summed E-state index contributed by atoms with van der Waals surface area (Å²) in [6, 6.07) is 6.27. The minimum atomic E-state index is -2.82. The standard InChI is InChI=1S/C16H21F2NO2/c1-2-9-19(11-13-3-4-13)15(20)10-12-5-7-14(8-6-12)21-16(17)18/h5-8,13,16H,2-4,9-11H2,1H3. The molecule has 1 aromatic rings. The Morgan fingerprint density at radius 3 is 2.52 bits per heavy atom. The lowest BCUT2D eigenvalue weighted by molar-refractivity contribution is -0.130. The molecule has 21 heavy (non-hydrogen) atoms. The molecule has 1 fully saturated rings. The summed E-state index contributed by atoms with van der Waals surface area (Å²) in [7, 11) is 0. The number of hydrogen-bond acceptors (Lipinski definition) is 2. The third-order valence-corrected chi connectivity index (χ3v) is 3.53. The predicted molar refractivity (Wildman–Crippen MR) is 76.4 cm³/mol. The van der Waals surface area contributed by atoms with Gasteiger partial charge in [-0.3, -0.25) is 4.79 Å².